The van der Waals surface area contributed by atoms with Crippen molar-refractivity contribution in [2.45, 2.75) is 31.5 Å². The maximum atomic E-state index is 6.57. The van der Waals surface area contributed by atoms with E-state index in [2.05, 4.69) is 76.3 Å². The lowest BCUT2D eigenvalue weighted by Gasteiger charge is -2.38. The molecule has 4 heterocycles. The lowest BCUT2D eigenvalue weighted by atomic mass is 9.88. The summed E-state index contributed by atoms with van der Waals surface area (Å²) >= 11 is 0. The number of nitrogens with zero attached hydrogens (tertiary/aromatic N) is 2. The lowest BCUT2D eigenvalue weighted by molar-refractivity contribution is -0.444. The normalized spacial score (nSPS) is 25.9. The molecule has 0 saturated carbocycles. The van der Waals surface area contributed by atoms with Crippen LogP contribution in [-0.4, -0.2) is 35.6 Å². The van der Waals surface area contributed by atoms with Crippen molar-refractivity contribution in [2.75, 3.05) is 18.0 Å². The van der Waals surface area contributed by atoms with Gasteiger partial charge in [0.05, 0.1) is 18.6 Å². The van der Waals surface area contributed by atoms with Gasteiger partial charge in [-0.15, -0.1) is 0 Å². The van der Waals surface area contributed by atoms with Crippen LogP contribution in [0.25, 0.3) is 0 Å². The molecule has 3 nitrogen and oxygen atoms in total. The molecule has 0 radical (unpaired) electrons. The number of benzene rings is 2. The summed E-state index contributed by atoms with van der Waals surface area (Å²) in [6.07, 6.45) is 8.40. The number of hydrogen-bond donors (Lipinski definition) is 0. The van der Waals surface area contributed by atoms with E-state index < -0.39 is 0 Å². The molecule has 0 spiro atoms. The predicted octanol–water partition coefficient (Wildman–Crippen LogP) is 4.22. The van der Waals surface area contributed by atoms with Crippen LogP contribution in [0.4, 0.5) is 11.4 Å². The van der Waals surface area contributed by atoms with Crippen molar-refractivity contribution >= 4 is 17.1 Å². The minimum absolute atomic E-state index is 0.245. The molecule has 0 saturated heterocycles. The Morgan fingerprint density at radius 1 is 0.926 bits per heavy atom. The van der Waals surface area contributed by atoms with E-state index in [1.165, 1.54) is 33.8 Å². The van der Waals surface area contributed by atoms with Gasteiger partial charge in [-0.3, -0.25) is 0 Å². The van der Waals surface area contributed by atoms with Gasteiger partial charge in [0.25, 0.3) is 0 Å². The van der Waals surface area contributed by atoms with E-state index in [0.717, 1.165) is 32.4 Å². The average molecular weight is 355 g/mol. The van der Waals surface area contributed by atoms with Crippen molar-refractivity contribution in [1.29, 1.82) is 0 Å². The first-order valence-electron chi connectivity index (χ1n) is 9.99. The van der Waals surface area contributed by atoms with Gasteiger partial charge in [0.2, 0.25) is 5.69 Å². The van der Waals surface area contributed by atoms with Gasteiger partial charge in [0.15, 0.2) is 12.3 Å². The number of rotatable bonds is 1. The van der Waals surface area contributed by atoms with Crippen molar-refractivity contribution < 1.29 is 9.31 Å². The summed E-state index contributed by atoms with van der Waals surface area (Å²) in [5, 5.41) is 0. The molecule has 27 heavy (non-hydrogen) atoms. The highest BCUT2D eigenvalue weighted by Gasteiger charge is 2.43. The Bertz CT molecular complexity index is 1000. The molecule has 0 bridgehead atoms. The van der Waals surface area contributed by atoms with E-state index in [9.17, 15) is 0 Å². The van der Waals surface area contributed by atoms with Crippen LogP contribution in [-0.2, 0) is 11.2 Å². The quantitative estimate of drug-likeness (QED) is 0.712. The molecule has 0 aromatic heterocycles. The molecule has 0 amide bonds. The van der Waals surface area contributed by atoms with Gasteiger partial charge in [-0.25, -0.2) is 0 Å². The molecule has 6 rings (SSSR count). The minimum atomic E-state index is 0.245. The van der Waals surface area contributed by atoms with Crippen molar-refractivity contribution in [3.05, 3.63) is 83.6 Å². The average Bonchev–Trinajstić information content (AvgIpc) is 3.12. The molecule has 2 unspecified atom stereocenters. The molecule has 2 aromatic rings. The highest BCUT2D eigenvalue weighted by Crippen LogP contribution is 2.39. The Kier molecular flexibility index (Phi) is 3.38. The fourth-order valence-corrected chi connectivity index (χ4v) is 4.99. The minimum Gasteiger partial charge on any atom is -0.365 e. The zero-order chi connectivity index (χ0) is 17.8. The number of hydrogen-bond acceptors (Lipinski definition) is 2. The third-order valence-corrected chi connectivity index (χ3v) is 6.31. The van der Waals surface area contributed by atoms with Gasteiger partial charge in [0.1, 0.15) is 0 Å². The van der Waals surface area contributed by atoms with Gasteiger partial charge >= 0.3 is 0 Å². The fourth-order valence-electron chi connectivity index (χ4n) is 4.99. The summed E-state index contributed by atoms with van der Waals surface area (Å²) in [5.41, 5.74) is 8.26. The van der Waals surface area contributed by atoms with E-state index in [-0.39, 0.29) is 12.2 Å². The zero-order valence-corrected chi connectivity index (χ0v) is 15.3. The second-order valence-electron chi connectivity index (χ2n) is 7.85. The molecular formula is C24H23N2O+. The first-order chi connectivity index (χ1) is 13.4. The standard InChI is InChI=1S/C24H23N2O/c1-2-7-19(8-3-1)25-12-10-23-18(16-25)14-20-22-15-17-6-4-5-9-21(17)26(22)13-11-24(20)27-23/h1-9,14,16,23-24H,10-13,15H2/q+1. The first kappa shape index (κ1) is 15.4. The molecule has 2 atom stereocenters. The van der Waals surface area contributed by atoms with Crippen LogP contribution in [0.5, 0.6) is 0 Å². The Morgan fingerprint density at radius 2 is 1.78 bits per heavy atom. The van der Waals surface area contributed by atoms with Gasteiger partial charge in [-0.2, -0.15) is 4.58 Å². The topological polar surface area (TPSA) is 15.5 Å². The number of anilines is 1. The van der Waals surface area contributed by atoms with Crippen LogP contribution in [0.2, 0.25) is 0 Å². The van der Waals surface area contributed by atoms with Crippen molar-refractivity contribution in [3.63, 3.8) is 0 Å². The summed E-state index contributed by atoms with van der Waals surface area (Å²) < 4.78 is 9.09. The second-order valence-corrected chi connectivity index (χ2v) is 7.85. The zero-order valence-electron chi connectivity index (χ0n) is 15.3. The number of fused-ring (bicyclic) bond motifs is 5. The maximum Gasteiger partial charge on any atom is 0.209 e. The Balaban J connectivity index is 1.40. The van der Waals surface area contributed by atoms with E-state index in [1.807, 2.05) is 0 Å². The summed E-state index contributed by atoms with van der Waals surface area (Å²) in [7, 11) is 0. The molecule has 0 N–H and O–H groups in total. The maximum absolute atomic E-state index is 6.57. The molecular weight excluding hydrogens is 332 g/mol. The third kappa shape index (κ3) is 2.42. The predicted molar refractivity (Wildman–Crippen MR) is 108 cm³/mol. The molecule has 134 valence electrons. The van der Waals surface area contributed by atoms with Gasteiger partial charge in [0, 0.05) is 42.1 Å². The van der Waals surface area contributed by atoms with E-state index in [4.69, 9.17) is 4.74 Å². The molecule has 3 heteroatoms. The SMILES string of the molecule is C1=C2C=C3C4=[N+](CCC3OC2CCN1c1ccccc1)c1ccccc1C4. The summed E-state index contributed by atoms with van der Waals surface area (Å²) in [5.74, 6) is 0. The van der Waals surface area contributed by atoms with Crippen molar-refractivity contribution in [1.82, 2.24) is 0 Å². The van der Waals surface area contributed by atoms with Crippen molar-refractivity contribution in [3.8, 4) is 0 Å². The van der Waals surface area contributed by atoms with E-state index in [1.54, 1.807) is 0 Å². The fraction of sp³-hybridized carbons (Fsp3) is 0.292. The highest BCUT2D eigenvalue weighted by atomic mass is 16.5. The smallest absolute Gasteiger partial charge is 0.209 e. The third-order valence-electron chi connectivity index (χ3n) is 6.31. The van der Waals surface area contributed by atoms with Crippen molar-refractivity contribution in [2.24, 2.45) is 0 Å². The number of ether oxygens (including phenoxy) is 1. The monoisotopic (exact) mass is 355 g/mol. The molecule has 0 fully saturated rings. The Morgan fingerprint density at radius 3 is 2.70 bits per heavy atom. The lowest BCUT2D eigenvalue weighted by Crippen LogP contribution is -2.42. The van der Waals surface area contributed by atoms with Crippen LogP contribution in [0.1, 0.15) is 18.4 Å². The molecule has 2 aromatic carbocycles. The summed E-state index contributed by atoms with van der Waals surface area (Å²) in [4.78, 5) is 2.36. The van der Waals surface area contributed by atoms with E-state index in [0.29, 0.717) is 0 Å². The first-order valence-corrected chi connectivity index (χ1v) is 9.99. The van der Waals surface area contributed by atoms with Crippen LogP contribution in [0, 0.1) is 0 Å². The van der Waals surface area contributed by atoms with Crippen LogP contribution in [0.15, 0.2) is 78.0 Å². The Labute approximate surface area is 159 Å². The van der Waals surface area contributed by atoms with Gasteiger partial charge in [-0.1, -0.05) is 36.4 Å². The molecule has 4 aliphatic rings. The molecule has 4 aliphatic heterocycles. The largest absolute Gasteiger partial charge is 0.365 e. The van der Waals surface area contributed by atoms with Gasteiger partial charge < -0.3 is 9.64 Å². The van der Waals surface area contributed by atoms with Crippen LogP contribution in [0.3, 0.4) is 0 Å². The summed E-state index contributed by atoms with van der Waals surface area (Å²) in [6.45, 7) is 2.08. The highest BCUT2D eigenvalue weighted by molar-refractivity contribution is 6.02. The second kappa shape index (κ2) is 5.93. The van der Waals surface area contributed by atoms with Gasteiger partial charge in [-0.05, 0) is 30.2 Å². The van der Waals surface area contributed by atoms with E-state index >= 15 is 0 Å². The van der Waals surface area contributed by atoms with Crippen LogP contribution >= 0.6 is 0 Å². The number of para-hydroxylation sites is 2. The Hall–Kier alpha value is -2.65. The molecule has 0 aliphatic carbocycles. The summed E-state index contributed by atoms with van der Waals surface area (Å²) in [6, 6.07) is 19.5. The van der Waals surface area contributed by atoms with Crippen LogP contribution < -0.4 is 4.90 Å².